The fourth-order valence-corrected chi connectivity index (χ4v) is 2.39. The zero-order chi connectivity index (χ0) is 18.4. The highest BCUT2D eigenvalue weighted by molar-refractivity contribution is 5.90. The Kier molecular flexibility index (Phi) is 5.11. The Morgan fingerprint density at radius 1 is 0.885 bits per heavy atom. The lowest BCUT2D eigenvalue weighted by Gasteiger charge is -2.02. The molecule has 0 fully saturated rings. The van der Waals surface area contributed by atoms with Crippen LogP contribution in [0.15, 0.2) is 77.8 Å². The maximum atomic E-state index is 9.74. The van der Waals surface area contributed by atoms with Gasteiger partial charge in [0.1, 0.15) is 11.5 Å². The van der Waals surface area contributed by atoms with Crippen molar-refractivity contribution in [2.45, 2.75) is 0 Å². The highest BCUT2D eigenvalue weighted by Gasteiger charge is 2.02. The number of allylic oxidation sites excluding steroid dienone is 1. The van der Waals surface area contributed by atoms with Crippen LogP contribution in [0.1, 0.15) is 16.7 Å². The molecule has 4 heteroatoms. The topological polar surface area (TPSA) is 76.6 Å². The van der Waals surface area contributed by atoms with Gasteiger partial charge in [-0.3, -0.25) is 4.99 Å². The van der Waals surface area contributed by atoms with Crippen molar-refractivity contribution in [2.75, 3.05) is 0 Å². The van der Waals surface area contributed by atoms with Crippen LogP contribution in [0, 0.1) is 11.3 Å². The fourth-order valence-electron chi connectivity index (χ4n) is 2.39. The lowest BCUT2D eigenvalue weighted by Crippen LogP contribution is -1.83. The minimum absolute atomic E-state index is 0.177. The molecule has 3 rings (SSSR count). The van der Waals surface area contributed by atoms with Gasteiger partial charge in [0, 0.05) is 11.8 Å². The zero-order valence-corrected chi connectivity index (χ0v) is 13.9. The lowest BCUT2D eigenvalue weighted by molar-refractivity contribution is 0.474. The van der Waals surface area contributed by atoms with Crippen molar-refractivity contribution in [1.82, 2.24) is 0 Å². The molecule has 126 valence electrons. The molecule has 0 radical (unpaired) electrons. The van der Waals surface area contributed by atoms with E-state index < -0.39 is 0 Å². The summed E-state index contributed by atoms with van der Waals surface area (Å²) in [6, 6.07) is 23.1. The third-order valence-corrected chi connectivity index (χ3v) is 3.79. The maximum Gasteiger partial charge on any atom is 0.124 e. The zero-order valence-electron chi connectivity index (χ0n) is 13.9. The quantitative estimate of drug-likeness (QED) is 0.402. The second-order valence-corrected chi connectivity index (χ2v) is 5.63. The fraction of sp³-hybridized carbons (Fsp3) is 0. The van der Waals surface area contributed by atoms with E-state index in [0.29, 0.717) is 11.1 Å². The number of para-hydroxylation sites is 1. The summed E-state index contributed by atoms with van der Waals surface area (Å²) in [5, 5.41) is 28.5. The van der Waals surface area contributed by atoms with Gasteiger partial charge >= 0.3 is 0 Å². The Bertz CT molecular complexity index is 996. The van der Waals surface area contributed by atoms with Gasteiger partial charge in [-0.15, -0.1) is 0 Å². The summed E-state index contributed by atoms with van der Waals surface area (Å²) in [5.74, 6) is 0.365. The summed E-state index contributed by atoms with van der Waals surface area (Å²) in [4.78, 5) is 4.34. The van der Waals surface area contributed by atoms with Gasteiger partial charge in [0.25, 0.3) is 0 Å². The molecule has 4 nitrogen and oxygen atoms in total. The van der Waals surface area contributed by atoms with Crippen LogP contribution >= 0.6 is 0 Å². The number of hydrogen-bond donors (Lipinski definition) is 2. The summed E-state index contributed by atoms with van der Waals surface area (Å²) < 4.78 is 0. The van der Waals surface area contributed by atoms with E-state index in [1.165, 1.54) is 0 Å². The van der Waals surface area contributed by atoms with E-state index in [-0.39, 0.29) is 11.5 Å². The largest absolute Gasteiger partial charge is 0.508 e. The van der Waals surface area contributed by atoms with Gasteiger partial charge in [-0.1, -0.05) is 36.4 Å². The van der Waals surface area contributed by atoms with Gasteiger partial charge in [0.15, 0.2) is 0 Å². The molecule has 0 heterocycles. The van der Waals surface area contributed by atoms with Crippen LogP contribution in [-0.4, -0.2) is 16.4 Å². The molecule has 0 saturated carbocycles. The van der Waals surface area contributed by atoms with Crippen molar-refractivity contribution in [1.29, 1.82) is 5.26 Å². The van der Waals surface area contributed by atoms with Crippen molar-refractivity contribution in [3.63, 3.8) is 0 Å². The molecular formula is C22H16N2O2. The lowest BCUT2D eigenvalue weighted by atomic mass is 10.0. The molecule has 0 aliphatic carbocycles. The number of nitriles is 1. The van der Waals surface area contributed by atoms with E-state index in [0.717, 1.165) is 16.8 Å². The van der Waals surface area contributed by atoms with Gasteiger partial charge in [-0.25, -0.2) is 0 Å². The molecule has 3 aromatic rings. The summed E-state index contributed by atoms with van der Waals surface area (Å²) in [5.41, 5.74) is 3.50. The van der Waals surface area contributed by atoms with Crippen molar-refractivity contribution in [2.24, 2.45) is 4.99 Å². The summed E-state index contributed by atoms with van der Waals surface area (Å²) in [6.07, 6.45) is 3.36. The number of aromatic hydroxyl groups is 2. The molecular weight excluding hydrogens is 324 g/mol. The number of benzene rings is 3. The first-order chi connectivity index (χ1) is 12.7. The van der Waals surface area contributed by atoms with E-state index in [1.807, 2.05) is 30.3 Å². The number of nitrogens with zero attached hydrogens (tertiary/aromatic N) is 2. The second-order valence-electron chi connectivity index (χ2n) is 5.63. The molecule has 2 N–H and O–H groups in total. The third kappa shape index (κ3) is 4.16. The van der Waals surface area contributed by atoms with Crippen molar-refractivity contribution in [3.05, 3.63) is 89.5 Å². The van der Waals surface area contributed by atoms with E-state index in [9.17, 15) is 15.5 Å². The highest BCUT2D eigenvalue weighted by Crippen LogP contribution is 2.22. The molecule has 0 saturated heterocycles. The second kappa shape index (κ2) is 7.82. The number of hydrogen-bond acceptors (Lipinski definition) is 4. The van der Waals surface area contributed by atoms with Crippen LogP contribution < -0.4 is 0 Å². The summed E-state index contributed by atoms with van der Waals surface area (Å²) in [6.45, 7) is 0. The highest BCUT2D eigenvalue weighted by atomic mass is 16.3. The predicted molar refractivity (Wildman–Crippen MR) is 103 cm³/mol. The Hall–Kier alpha value is -3.84. The summed E-state index contributed by atoms with van der Waals surface area (Å²) in [7, 11) is 0. The molecule has 0 bridgehead atoms. The Balaban J connectivity index is 1.81. The molecule has 3 aromatic carbocycles. The van der Waals surface area contributed by atoms with Crippen LogP contribution in [0.2, 0.25) is 0 Å². The average Bonchev–Trinajstić information content (AvgIpc) is 2.67. The average molecular weight is 340 g/mol. The summed E-state index contributed by atoms with van der Waals surface area (Å²) >= 11 is 0. The van der Waals surface area contributed by atoms with E-state index in [2.05, 4.69) is 11.1 Å². The van der Waals surface area contributed by atoms with Gasteiger partial charge in [0.2, 0.25) is 0 Å². The van der Waals surface area contributed by atoms with Crippen molar-refractivity contribution < 1.29 is 10.2 Å². The molecule has 0 spiro atoms. The van der Waals surface area contributed by atoms with E-state index in [1.54, 1.807) is 54.8 Å². The first kappa shape index (κ1) is 17.0. The Labute approximate surface area is 151 Å². The monoisotopic (exact) mass is 340 g/mol. The van der Waals surface area contributed by atoms with Crippen molar-refractivity contribution >= 4 is 23.6 Å². The molecule has 0 unspecified atom stereocenters. The number of aliphatic imine (C=N–C) groups is 1. The van der Waals surface area contributed by atoms with Crippen LogP contribution in [0.3, 0.4) is 0 Å². The van der Waals surface area contributed by atoms with Gasteiger partial charge in [-0.2, -0.15) is 5.26 Å². The molecule has 0 aliphatic heterocycles. The Morgan fingerprint density at radius 3 is 2.23 bits per heavy atom. The molecule has 26 heavy (non-hydrogen) atoms. The van der Waals surface area contributed by atoms with Crippen LogP contribution in [0.25, 0.3) is 11.6 Å². The SMILES string of the molecule is N#C/C(=C\c1ccc(O)cc1)c1ccc(N=Cc2ccccc2O)cc1. The first-order valence-corrected chi connectivity index (χ1v) is 7.99. The van der Waals surface area contributed by atoms with E-state index in [4.69, 9.17) is 0 Å². The number of rotatable bonds is 4. The smallest absolute Gasteiger partial charge is 0.124 e. The number of phenols is 2. The number of phenolic OH excluding ortho intramolecular Hbond substituents is 2. The maximum absolute atomic E-state index is 9.74. The van der Waals surface area contributed by atoms with Crippen molar-refractivity contribution in [3.8, 4) is 17.6 Å². The van der Waals surface area contributed by atoms with Gasteiger partial charge in [0.05, 0.1) is 17.3 Å². The van der Waals surface area contributed by atoms with Gasteiger partial charge in [-0.05, 0) is 53.6 Å². The van der Waals surface area contributed by atoms with E-state index >= 15 is 0 Å². The minimum Gasteiger partial charge on any atom is -0.508 e. The molecule has 0 aliphatic rings. The minimum atomic E-state index is 0.177. The molecule has 0 atom stereocenters. The van der Waals surface area contributed by atoms with Crippen LogP contribution in [0.5, 0.6) is 11.5 Å². The predicted octanol–water partition coefficient (Wildman–Crippen LogP) is 4.91. The molecule has 0 amide bonds. The third-order valence-electron chi connectivity index (χ3n) is 3.79. The Morgan fingerprint density at radius 2 is 1.58 bits per heavy atom. The van der Waals surface area contributed by atoms with Crippen LogP contribution in [0.4, 0.5) is 5.69 Å². The normalized spacial score (nSPS) is 11.4. The van der Waals surface area contributed by atoms with Crippen LogP contribution in [-0.2, 0) is 0 Å². The van der Waals surface area contributed by atoms with Gasteiger partial charge < -0.3 is 10.2 Å². The molecule has 0 aromatic heterocycles. The first-order valence-electron chi connectivity index (χ1n) is 7.99. The standard InChI is InChI=1S/C22H16N2O2/c23-14-19(13-16-5-11-21(25)12-6-16)17-7-9-20(10-8-17)24-15-18-3-1-2-4-22(18)26/h1-13,15,25-26H/b19-13+,24-15?.